The fourth-order valence-corrected chi connectivity index (χ4v) is 1.69. The molecular formula is C14H19N3O2. The first kappa shape index (κ1) is 13.5. The molecule has 0 unspecified atom stereocenters. The molecule has 1 N–H and O–H groups in total. The molecule has 0 radical (unpaired) electrons. The van der Waals surface area contributed by atoms with Crippen LogP contribution in [0.4, 0.5) is 0 Å². The van der Waals surface area contributed by atoms with Gasteiger partial charge in [-0.1, -0.05) is 17.3 Å². The lowest BCUT2D eigenvalue weighted by Gasteiger charge is -2.10. The summed E-state index contributed by atoms with van der Waals surface area (Å²) in [6, 6.07) is 8.13. The van der Waals surface area contributed by atoms with E-state index in [4.69, 9.17) is 4.74 Å². The molecule has 0 aliphatic heterocycles. The van der Waals surface area contributed by atoms with Crippen LogP contribution in [0.3, 0.4) is 0 Å². The predicted octanol–water partition coefficient (Wildman–Crippen LogP) is 2.19. The molecule has 5 heteroatoms. The van der Waals surface area contributed by atoms with E-state index in [1.54, 1.807) is 0 Å². The standard InChI is InChI=1S/C14H19N3O2/c1-11(2)19-13-5-3-12(4-6-13)9-15-8-7-14-16-10-18-17-14/h3-6,10-11,15H,7-9H2,1-2H3. The molecule has 1 aromatic heterocycles. The van der Waals surface area contributed by atoms with E-state index in [0.717, 1.165) is 31.1 Å². The summed E-state index contributed by atoms with van der Waals surface area (Å²) in [6.07, 6.45) is 2.33. The minimum Gasteiger partial charge on any atom is -0.491 e. The molecule has 0 amide bonds. The molecule has 0 fully saturated rings. The molecule has 0 aliphatic carbocycles. The summed E-state index contributed by atoms with van der Waals surface area (Å²) in [6.45, 7) is 5.68. The van der Waals surface area contributed by atoms with E-state index in [2.05, 4.69) is 32.1 Å². The lowest BCUT2D eigenvalue weighted by Crippen LogP contribution is -2.17. The van der Waals surface area contributed by atoms with Gasteiger partial charge < -0.3 is 14.6 Å². The molecule has 0 spiro atoms. The number of rotatable bonds is 7. The number of ether oxygens (including phenoxy) is 1. The van der Waals surface area contributed by atoms with Gasteiger partial charge in [-0.25, -0.2) is 0 Å². The number of hydrogen-bond donors (Lipinski definition) is 1. The summed E-state index contributed by atoms with van der Waals surface area (Å²) < 4.78 is 10.3. The van der Waals surface area contributed by atoms with Crippen LogP contribution in [0, 0.1) is 0 Å². The fraction of sp³-hybridized carbons (Fsp3) is 0.429. The summed E-state index contributed by atoms with van der Waals surface area (Å²) in [5.41, 5.74) is 1.23. The van der Waals surface area contributed by atoms with Gasteiger partial charge in [0.15, 0.2) is 5.82 Å². The maximum Gasteiger partial charge on any atom is 0.213 e. The Morgan fingerprint density at radius 1 is 1.26 bits per heavy atom. The van der Waals surface area contributed by atoms with Gasteiger partial charge in [-0.3, -0.25) is 0 Å². The Morgan fingerprint density at radius 3 is 2.68 bits per heavy atom. The third kappa shape index (κ3) is 4.71. The van der Waals surface area contributed by atoms with Crippen molar-refractivity contribution >= 4 is 0 Å². The zero-order valence-electron chi connectivity index (χ0n) is 11.3. The highest BCUT2D eigenvalue weighted by Crippen LogP contribution is 2.13. The van der Waals surface area contributed by atoms with Gasteiger partial charge in [0.2, 0.25) is 6.39 Å². The maximum atomic E-state index is 5.60. The SMILES string of the molecule is CC(C)Oc1ccc(CNCCc2ncon2)cc1. The molecule has 2 aromatic rings. The van der Waals surface area contributed by atoms with Gasteiger partial charge in [0.05, 0.1) is 6.10 Å². The Kier molecular flexibility index (Phi) is 4.92. The average molecular weight is 261 g/mol. The monoisotopic (exact) mass is 261 g/mol. The minimum atomic E-state index is 0.207. The lowest BCUT2D eigenvalue weighted by atomic mass is 10.2. The van der Waals surface area contributed by atoms with Crippen LogP contribution in [-0.2, 0) is 13.0 Å². The molecule has 0 saturated carbocycles. The molecule has 2 rings (SSSR count). The Balaban J connectivity index is 1.71. The van der Waals surface area contributed by atoms with Gasteiger partial charge in [0, 0.05) is 19.5 Å². The van der Waals surface area contributed by atoms with Crippen molar-refractivity contribution in [3.63, 3.8) is 0 Å². The quantitative estimate of drug-likeness (QED) is 0.774. The van der Waals surface area contributed by atoms with Crippen LogP contribution in [0.25, 0.3) is 0 Å². The summed E-state index contributed by atoms with van der Waals surface area (Å²) in [5, 5.41) is 7.10. The normalized spacial score (nSPS) is 10.9. The third-order valence-corrected chi connectivity index (χ3v) is 2.56. The molecule has 19 heavy (non-hydrogen) atoms. The first-order chi connectivity index (χ1) is 9.24. The largest absolute Gasteiger partial charge is 0.491 e. The van der Waals surface area contributed by atoms with E-state index < -0.39 is 0 Å². The van der Waals surface area contributed by atoms with Crippen LogP contribution < -0.4 is 10.1 Å². The van der Waals surface area contributed by atoms with Gasteiger partial charge in [-0.2, -0.15) is 4.98 Å². The molecule has 5 nitrogen and oxygen atoms in total. The van der Waals surface area contributed by atoms with Gasteiger partial charge in [0.1, 0.15) is 5.75 Å². The van der Waals surface area contributed by atoms with E-state index in [1.165, 1.54) is 12.0 Å². The van der Waals surface area contributed by atoms with Crippen LogP contribution >= 0.6 is 0 Å². The number of benzene rings is 1. The van der Waals surface area contributed by atoms with E-state index in [-0.39, 0.29) is 6.10 Å². The summed E-state index contributed by atoms with van der Waals surface area (Å²) in [4.78, 5) is 3.97. The van der Waals surface area contributed by atoms with E-state index >= 15 is 0 Å². The van der Waals surface area contributed by atoms with Crippen LogP contribution in [0.1, 0.15) is 25.2 Å². The fourth-order valence-electron chi connectivity index (χ4n) is 1.69. The third-order valence-electron chi connectivity index (χ3n) is 2.56. The van der Waals surface area contributed by atoms with E-state index in [1.807, 2.05) is 26.0 Å². The van der Waals surface area contributed by atoms with Crippen molar-refractivity contribution in [1.29, 1.82) is 0 Å². The van der Waals surface area contributed by atoms with Gasteiger partial charge >= 0.3 is 0 Å². The van der Waals surface area contributed by atoms with Gasteiger partial charge in [-0.15, -0.1) is 0 Å². The predicted molar refractivity (Wildman–Crippen MR) is 71.9 cm³/mol. The highest BCUT2D eigenvalue weighted by atomic mass is 16.5. The second-order valence-electron chi connectivity index (χ2n) is 4.58. The highest BCUT2D eigenvalue weighted by Gasteiger charge is 2.00. The minimum absolute atomic E-state index is 0.207. The second kappa shape index (κ2) is 6.89. The zero-order valence-corrected chi connectivity index (χ0v) is 11.3. The average Bonchev–Trinajstić information content (AvgIpc) is 2.89. The first-order valence-corrected chi connectivity index (χ1v) is 6.45. The maximum absolute atomic E-state index is 5.60. The number of nitrogens with zero attached hydrogens (tertiary/aromatic N) is 2. The van der Waals surface area contributed by atoms with Crippen molar-refractivity contribution in [2.45, 2.75) is 32.9 Å². The lowest BCUT2D eigenvalue weighted by molar-refractivity contribution is 0.242. The first-order valence-electron chi connectivity index (χ1n) is 6.45. The molecule has 102 valence electrons. The highest BCUT2D eigenvalue weighted by molar-refractivity contribution is 5.27. The molecule has 0 aliphatic rings. The Hall–Kier alpha value is -1.88. The van der Waals surface area contributed by atoms with Crippen LogP contribution in [-0.4, -0.2) is 22.8 Å². The summed E-state index contributed by atoms with van der Waals surface area (Å²) in [5.74, 6) is 1.64. The topological polar surface area (TPSA) is 60.2 Å². The number of aromatic nitrogens is 2. The molecular weight excluding hydrogens is 242 g/mol. The smallest absolute Gasteiger partial charge is 0.213 e. The molecule has 1 aromatic carbocycles. The Morgan fingerprint density at radius 2 is 2.05 bits per heavy atom. The molecule has 0 atom stereocenters. The number of hydrogen-bond acceptors (Lipinski definition) is 5. The molecule has 1 heterocycles. The van der Waals surface area contributed by atoms with Gasteiger partial charge in [0.25, 0.3) is 0 Å². The zero-order chi connectivity index (χ0) is 13.5. The number of nitrogens with one attached hydrogen (secondary N) is 1. The van der Waals surface area contributed by atoms with Crippen molar-refractivity contribution in [2.24, 2.45) is 0 Å². The second-order valence-corrected chi connectivity index (χ2v) is 4.58. The van der Waals surface area contributed by atoms with Crippen molar-refractivity contribution in [2.75, 3.05) is 6.54 Å². The van der Waals surface area contributed by atoms with Crippen molar-refractivity contribution in [3.05, 3.63) is 42.0 Å². The van der Waals surface area contributed by atoms with E-state index in [0.29, 0.717) is 0 Å². The van der Waals surface area contributed by atoms with Crippen molar-refractivity contribution in [3.8, 4) is 5.75 Å². The van der Waals surface area contributed by atoms with Gasteiger partial charge in [-0.05, 0) is 31.5 Å². The van der Waals surface area contributed by atoms with E-state index in [9.17, 15) is 0 Å². The van der Waals surface area contributed by atoms with Crippen LogP contribution in [0.5, 0.6) is 5.75 Å². The summed E-state index contributed by atoms with van der Waals surface area (Å²) >= 11 is 0. The Bertz CT molecular complexity index is 466. The molecule has 0 bridgehead atoms. The van der Waals surface area contributed by atoms with Crippen LogP contribution in [0.15, 0.2) is 35.2 Å². The Labute approximate surface area is 113 Å². The molecule has 0 saturated heterocycles. The van der Waals surface area contributed by atoms with Crippen LogP contribution in [0.2, 0.25) is 0 Å². The van der Waals surface area contributed by atoms with Crippen molar-refractivity contribution < 1.29 is 9.26 Å². The van der Waals surface area contributed by atoms with Crippen molar-refractivity contribution in [1.82, 2.24) is 15.5 Å². The summed E-state index contributed by atoms with van der Waals surface area (Å²) in [7, 11) is 0.